The third kappa shape index (κ3) is 5.78. The van der Waals surface area contributed by atoms with Crippen LogP contribution >= 0.6 is 0 Å². The number of aromatic nitrogens is 4. The first-order valence-electron chi connectivity index (χ1n) is 11.0. The minimum absolute atomic E-state index is 0.263. The van der Waals surface area contributed by atoms with E-state index in [2.05, 4.69) is 31.0 Å². The maximum atomic E-state index is 13.2. The van der Waals surface area contributed by atoms with Crippen LogP contribution in [-0.4, -0.2) is 37.9 Å². The van der Waals surface area contributed by atoms with Crippen LogP contribution in [0.3, 0.4) is 0 Å². The molecular weight excluding hydrogens is 489 g/mol. The largest absolute Gasteiger partial charge is 0.416 e. The van der Waals surface area contributed by atoms with Crippen molar-refractivity contribution in [2.75, 3.05) is 28.5 Å². The monoisotopic (exact) mass is 512 g/mol. The van der Waals surface area contributed by atoms with Crippen LogP contribution in [0.15, 0.2) is 54.9 Å². The van der Waals surface area contributed by atoms with E-state index in [9.17, 15) is 18.0 Å². The highest BCUT2D eigenvalue weighted by Crippen LogP contribution is 2.32. The topological polar surface area (TPSA) is 129 Å². The fourth-order valence-electron chi connectivity index (χ4n) is 3.53. The molecule has 4 aromatic rings. The summed E-state index contributed by atoms with van der Waals surface area (Å²) >= 11 is 0. The molecule has 13 heteroatoms. The quantitative estimate of drug-likeness (QED) is 0.215. The lowest BCUT2D eigenvalue weighted by atomic mass is 10.1. The van der Waals surface area contributed by atoms with Crippen molar-refractivity contribution >= 4 is 34.6 Å². The van der Waals surface area contributed by atoms with Crippen LogP contribution in [0.5, 0.6) is 0 Å². The molecule has 0 unspecified atom stereocenters. The van der Waals surface area contributed by atoms with Crippen LogP contribution in [0.1, 0.15) is 27.2 Å². The van der Waals surface area contributed by atoms with Gasteiger partial charge in [0.2, 0.25) is 0 Å². The van der Waals surface area contributed by atoms with E-state index in [0.717, 1.165) is 17.3 Å². The molecule has 0 bridgehead atoms. The summed E-state index contributed by atoms with van der Waals surface area (Å²) in [6, 6.07) is 11.1. The van der Waals surface area contributed by atoms with E-state index in [1.54, 1.807) is 41.5 Å². The summed E-state index contributed by atoms with van der Waals surface area (Å²) in [7, 11) is 1.74. The summed E-state index contributed by atoms with van der Waals surface area (Å²) < 4.78 is 41.2. The first-order chi connectivity index (χ1) is 17.6. The van der Waals surface area contributed by atoms with Crippen LogP contribution in [0, 0.1) is 13.8 Å². The predicted octanol–water partition coefficient (Wildman–Crippen LogP) is 5.14. The predicted molar refractivity (Wildman–Crippen MR) is 133 cm³/mol. The van der Waals surface area contributed by atoms with Gasteiger partial charge in [0.05, 0.1) is 16.9 Å². The summed E-state index contributed by atoms with van der Waals surface area (Å²) in [5, 5.41) is 22.4. The normalized spacial score (nSPS) is 11.2. The van der Waals surface area contributed by atoms with Gasteiger partial charge in [-0.1, -0.05) is 6.07 Å². The Balaban J connectivity index is 1.61. The number of nitrogens with one attached hydrogen (secondary N) is 4. The summed E-state index contributed by atoms with van der Waals surface area (Å²) in [4.78, 5) is 21.2. The zero-order chi connectivity index (χ0) is 26.7. The Morgan fingerprint density at radius 1 is 1.00 bits per heavy atom. The van der Waals surface area contributed by atoms with Crippen molar-refractivity contribution < 1.29 is 23.2 Å². The molecule has 0 saturated heterocycles. The Morgan fingerprint density at radius 3 is 2.49 bits per heavy atom. The molecule has 2 aromatic heterocycles. The Hall–Kier alpha value is -4.65. The highest BCUT2D eigenvalue weighted by atomic mass is 19.4. The molecule has 0 radical (unpaired) electrons. The molecule has 0 aliphatic rings. The first kappa shape index (κ1) is 25.4. The molecular formula is C24H23F3N8O2. The molecule has 2 aromatic carbocycles. The minimum Gasteiger partial charge on any atom is -0.373 e. The van der Waals surface area contributed by atoms with Gasteiger partial charge in [0, 0.05) is 36.1 Å². The van der Waals surface area contributed by atoms with Gasteiger partial charge in [0.25, 0.3) is 5.91 Å². The Morgan fingerprint density at radius 2 is 1.78 bits per heavy atom. The van der Waals surface area contributed by atoms with Gasteiger partial charge < -0.3 is 16.0 Å². The van der Waals surface area contributed by atoms with Crippen LogP contribution in [0.2, 0.25) is 0 Å². The molecule has 0 fully saturated rings. The van der Waals surface area contributed by atoms with Gasteiger partial charge in [0.15, 0.2) is 5.82 Å². The van der Waals surface area contributed by atoms with Gasteiger partial charge >= 0.3 is 6.18 Å². The number of amides is 1. The zero-order valence-electron chi connectivity index (χ0n) is 20.0. The number of benzene rings is 2. The Labute approximate surface area is 209 Å². The number of aryl methyl sites for hydroxylation is 2. The van der Waals surface area contributed by atoms with Gasteiger partial charge in [-0.25, -0.2) is 9.97 Å². The number of halogens is 3. The van der Waals surface area contributed by atoms with Crippen molar-refractivity contribution in [1.82, 2.24) is 19.7 Å². The Kier molecular flexibility index (Phi) is 6.98. The SMILES string of the molecule is CNc1cc(-n2nc(C)cc2Nc2cc(NC(=O)c3cc(NO)cc(C(F)(F)F)c3)ccc2C)ncn1. The van der Waals surface area contributed by atoms with Gasteiger partial charge in [-0.2, -0.15) is 23.0 Å². The molecule has 0 atom stereocenters. The zero-order valence-corrected chi connectivity index (χ0v) is 20.0. The lowest BCUT2D eigenvalue weighted by molar-refractivity contribution is -0.137. The molecule has 2 heterocycles. The number of carbonyl (C=O) groups is 1. The number of nitrogens with zero attached hydrogens (tertiary/aromatic N) is 4. The molecule has 37 heavy (non-hydrogen) atoms. The van der Waals surface area contributed by atoms with Crippen molar-refractivity contribution in [2.24, 2.45) is 0 Å². The number of hydrogen-bond donors (Lipinski definition) is 5. The number of rotatable bonds is 7. The maximum Gasteiger partial charge on any atom is 0.416 e. The third-order valence-electron chi connectivity index (χ3n) is 5.37. The minimum atomic E-state index is -4.69. The van der Waals surface area contributed by atoms with E-state index >= 15 is 0 Å². The molecule has 0 saturated carbocycles. The van der Waals surface area contributed by atoms with E-state index in [1.807, 2.05) is 19.9 Å². The molecule has 4 rings (SSSR count). The number of hydrogen-bond acceptors (Lipinski definition) is 8. The molecule has 10 nitrogen and oxygen atoms in total. The smallest absolute Gasteiger partial charge is 0.373 e. The fraction of sp³-hybridized carbons (Fsp3) is 0.167. The molecule has 192 valence electrons. The molecule has 5 N–H and O–H groups in total. The van der Waals surface area contributed by atoms with Gasteiger partial charge in [-0.05, 0) is 49.7 Å². The van der Waals surface area contributed by atoms with E-state index in [0.29, 0.717) is 41.0 Å². The second-order valence-corrected chi connectivity index (χ2v) is 8.11. The van der Waals surface area contributed by atoms with E-state index in [4.69, 9.17) is 5.21 Å². The molecule has 1 amide bonds. The van der Waals surface area contributed by atoms with E-state index in [-0.39, 0.29) is 11.3 Å². The van der Waals surface area contributed by atoms with Crippen molar-refractivity contribution in [3.63, 3.8) is 0 Å². The van der Waals surface area contributed by atoms with E-state index < -0.39 is 17.6 Å². The van der Waals surface area contributed by atoms with Crippen LogP contribution < -0.4 is 21.4 Å². The summed E-state index contributed by atoms with van der Waals surface area (Å²) in [6.07, 6.45) is -3.28. The average Bonchev–Trinajstić information content (AvgIpc) is 3.25. The standard InChI is InChI=1S/C24H23F3N8O2/c1-13-4-5-17(31-23(36)15-7-16(24(25,26)27)9-18(8-15)34-37)10-19(13)32-22-6-14(2)33-35(22)21-11-20(28-3)29-12-30-21/h4-12,32,34,37H,1-3H3,(H,31,36)(H,28,29,30). The number of alkyl halides is 3. The summed E-state index contributed by atoms with van der Waals surface area (Å²) in [5.74, 6) is 0.953. The second kappa shape index (κ2) is 10.1. The number of anilines is 5. The summed E-state index contributed by atoms with van der Waals surface area (Å²) in [6.45, 7) is 3.69. The van der Waals surface area contributed by atoms with Crippen molar-refractivity contribution in [3.05, 3.63) is 77.2 Å². The fourth-order valence-corrected chi connectivity index (χ4v) is 3.53. The van der Waals surface area contributed by atoms with Crippen LogP contribution in [0.25, 0.3) is 5.82 Å². The Bertz CT molecular complexity index is 1450. The third-order valence-corrected chi connectivity index (χ3v) is 5.37. The first-order valence-corrected chi connectivity index (χ1v) is 11.0. The number of carbonyl (C=O) groups excluding carboxylic acids is 1. The molecule has 0 aliphatic carbocycles. The lowest BCUT2D eigenvalue weighted by Gasteiger charge is -2.15. The van der Waals surface area contributed by atoms with Gasteiger partial charge in [0.1, 0.15) is 18.0 Å². The van der Waals surface area contributed by atoms with Crippen molar-refractivity contribution in [1.29, 1.82) is 0 Å². The average molecular weight is 512 g/mol. The van der Waals surface area contributed by atoms with E-state index in [1.165, 1.54) is 6.33 Å². The molecule has 0 spiro atoms. The van der Waals surface area contributed by atoms with Crippen molar-refractivity contribution in [2.45, 2.75) is 20.0 Å². The lowest BCUT2D eigenvalue weighted by Crippen LogP contribution is -2.15. The maximum absolute atomic E-state index is 13.2. The van der Waals surface area contributed by atoms with Crippen molar-refractivity contribution in [3.8, 4) is 5.82 Å². The van der Waals surface area contributed by atoms with Gasteiger partial charge in [-0.15, -0.1) is 0 Å². The summed E-state index contributed by atoms with van der Waals surface area (Å²) in [5.41, 5.74) is 2.59. The second-order valence-electron chi connectivity index (χ2n) is 8.11. The van der Waals surface area contributed by atoms with Gasteiger partial charge in [-0.3, -0.25) is 15.5 Å². The highest BCUT2D eigenvalue weighted by molar-refractivity contribution is 6.05. The van der Waals surface area contributed by atoms with Crippen LogP contribution in [-0.2, 0) is 6.18 Å². The highest BCUT2D eigenvalue weighted by Gasteiger charge is 2.32. The van der Waals surface area contributed by atoms with Crippen LogP contribution in [0.4, 0.5) is 41.9 Å². The molecule has 0 aliphatic heterocycles.